The van der Waals surface area contributed by atoms with Crippen molar-refractivity contribution in [1.29, 1.82) is 0 Å². The molecule has 0 radical (unpaired) electrons. The third-order valence-corrected chi connectivity index (χ3v) is 4.05. The third kappa shape index (κ3) is 4.90. The molecule has 0 aromatic carbocycles. The number of halogens is 3. The molecule has 0 unspecified atom stereocenters. The molecule has 0 aliphatic heterocycles. The Hall–Kier alpha value is -0.960. The van der Waals surface area contributed by atoms with Crippen molar-refractivity contribution in [2.24, 2.45) is 5.92 Å². The molecular weight excluding hydrogens is 303 g/mol. The van der Waals surface area contributed by atoms with Crippen molar-refractivity contribution in [3.8, 4) is 5.88 Å². The maximum atomic E-state index is 12.1. The van der Waals surface area contributed by atoms with E-state index in [4.69, 9.17) is 0 Å². The number of thioether (sulfide) groups is 1. The average Bonchev–Trinajstić information content (AvgIpc) is 2.24. The van der Waals surface area contributed by atoms with Gasteiger partial charge in [-0.1, -0.05) is 19.9 Å². The first-order valence-electron chi connectivity index (χ1n) is 5.22. The molecule has 0 aliphatic carbocycles. The molecule has 1 rings (SSSR count). The lowest BCUT2D eigenvalue weighted by Crippen LogP contribution is -2.28. The van der Waals surface area contributed by atoms with Gasteiger partial charge >= 0.3 is 15.6 Å². The Morgan fingerprint density at radius 3 is 2.53 bits per heavy atom. The average molecular weight is 315 g/mol. The van der Waals surface area contributed by atoms with Gasteiger partial charge in [-0.15, -0.1) is 11.8 Å². The van der Waals surface area contributed by atoms with Gasteiger partial charge in [0.15, 0.2) is 0 Å². The van der Waals surface area contributed by atoms with Gasteiger partial charge in [0.25, 0.3) is 0 Å². The van der Waals surface area contributed by atoms with Crippen LogP contribution in [0.2, 0.25) is 0 Å². The number of rotatable bonds is 5. The summed E-state index contributed by atoms with van der Waals surface area (Å²) in [5, 5.41) is 0.406. The number of aromatic nitrogens is 1. The van der Waals surface area contributed by atoms with Gasteiger partial charge < -0.3 is 4.18 Å². The highest BCUT2D eigenvalue weighted by molar-refractivity contribution is 7.99. The lowest BCUT2D eigenvalue weighted by molar-refractivity contribution is -0.0501. The smallest absolute Gasteiger partial charge is 0.355 e. The molecule has 0 saturated carbocycles. The number of pyridine rings is 1. The molecule has 1 heterocycles. The monoisotopic (exact) mass is 315 g/mol. The summed E-state index contributed by atoms with van der Waals surface area (Å²) in [6.07, 6.45) is 0. The summed E-state index contributed by atoms with van der Waals surface area (Å²) in [4.78, 5) is 3.70. The Balaban J connectivity index is 2.84. The topological polar surface area (TPSA) is 56.3 Å². The molecule has 0 saturated heterocycles. The van der Waals surface area contributed by atoms with E-state index in [1.165, 1.54) is 17.8 Å². The zero-order valence-corrected chi connectivity index (χ0v) is 11.8. The van der Waals surface area contributed by atoms with Crippen LogP contribution in [-0.4, -0.2) is 24.7 Å². The van der Waals surface area contributed by atoms with Gasteiger partial charge in [0.05, 0.1) is 0 Å². The highest BCUT2D eigenvalue weighted by Crippen LogP contribution is 2.27. The van der Waals surface area contributed by atoms with E-state index in [1.54, 1.807) is 6.07 Å². The van der Waals surface area contributed by atoms with Crippen LogP contribution in [0.5, 0.6) is 5.88 Å². The number of hydrogen-bond acceptors (Lipinski definition) is 5. The quantitative estimate of drug-likeness (QED) is 0.475. The van der Waals surface area contributed by atoms with Crippen LogP contribution in [0.4, 0.5) is 13.2 Å². The van der Waals surface area contributed by atoms with Crippen molar-refractivity contribution in [2.45, 2.75) is 24.4 Å². The fourth-order valence-electron chi connectivity index (χ4n) is 0.934. The van der Waals surface area contributed by atoms with Crippen LogP contribution in [0.15, 0.2) is 23.2 Å². The minimum absolute atomic E-state index is 0.371. The number of hydrogen-bond donors (Lipinski definition) is 0. The summed E-state index contributed by atoms with van der Waals surface area (Å²) in [7, 11) is -5.67. The highest BCUT2D eigenvalue weighted by atomic mass is 32.2. The fraction of sp³-hybridized carbons (Fsp3) is 0.500. The van der Waals surface area contributed by atoms with Crippen molar-refractivity contribution in [3.63, 3.8) is 0 Å². The largest absolute Gasteiger partial charge is 0.534 e. The van der Waals surface area contributed by atoms with E-state index in [9.17, 15) is 21.6 Å². The van der Waals surface area contributed by atoms with E-state index < -0.39 is 21.5 Å². The lowest BCUT2D eigenvalue weighted by atomic mass is 10.3. The third-order valence-electron chi connectivity index (χ3n) is 1.74. The summed E-state index contributed by atoms with van der Waals surface area (Å²) in [6, 6.07) is 4.01. The van der Waals surface area contributed by atoms with Crippen LogP contribution >= 0.6 is 11.8 Å². The first-order chi connectivity index (χ1) is 8.62. The maximum absolute atomic E-state index is 12.1. The molecule has 0 bridgehead atoms. The van der Waals surface area contributed by atoms with E-state index in [1.807, 2.05) is 13.8 Å². The van der Waals surface area contributed by atoms with E-state index in [0.717, 1.165) is 6.07 Å². The summed E-state index contributed by atoms with van der Waals surface area (Å²) in [5.41, 5.74) is -5.46. The molecule has 0 fully saturated rings. The molecule has 4 nitrogen and oxygen atoms in total. The Bertz CT molecular complexity index is 529. The van der Waals surface area contributed by atoms with Gasteiger partial charge in [-0.05, 0) is 12.0 Å². The van der Waals surface area contributed by atoms with Crippen molar-refractivity contribution < 1.29 is 25.8 Å². The van der Waals surface area contributed by atoms with E-state index in [-0.39, 0.29) is 0 Å². The van der Waals surface area contributed by atoms with Gasteiger partial charge in [0.1, 0.15) is 5.03 Å². The number of alkyl halides is 3. The van der Waals surface area contributed by atoms with Gasteiger partial charge in [-0.25, -0.2) is 4.98 Å². The van der Waals surface area contributed by atoms with Crippen LogP contribution in [0, 0.1) is 5.92 Å². The van der Waals surface area contributed by atoms with Gasteiger partial charge in [-0.2, -0.15) is 21.6 Å². The van der Waals surface area contributed by atoms with Crippen molar-refractivity contribution in [2.75, 3.05) is 5.75 Å². The Kier molecular flexibility index (Phi) is 5.08. The van der Waals surface area contributed by atoms with Crippen molar-refractivity contribution in [3.05, 3.63) is 18.2 Å². The Morgan fingerprint density at radius 1 is 1.37 bits per heavy atom. The van der Waals surface area contributed by atoms with E-state index in [2.05, 4.69) is 9.17 Å². The zero-order valence-electron chi connectivity index (χ0n) is 10.1. The molecule has 0 aliphatic rings. The molecule has 0 spiro atoms. The standard InChI is InChI=1S/C10H12F3NO3S2/c1-7(2)6-18-9-5-3-4-8(14-9)17-19(15,16)10(11,12)13/h3-5,7H,6H2,1-2H3. The molecule has 0 N–H and O–H groups in total. The molecule has 1 aromatic heterocycles. The molecule has 1 aromatic rings. The Morgan fingerprint density at radius 2 is 2.00 bits per heavy atom. The van der Waals surface area contributed by atoms with Crippen LogP contribution in [0.25, 0.3) is 0 Å². The SMILES string of the molecule is CC(C)CSc1cccc(OS(=O)(=O)C(F)(F)F)n1. The Labute approximate surface area is 113 Å². The summed E-state index contributed by atoms with van der Waals surface area (Å²) in [5.74, 6) is 0.490. The fourth-order valence-corrected chi connectivity index (χ4v) is 2.18. The second kappa shape index (κ2) is 6.00. The first kappa shape index (κ1) is 16.1. The van der Waals surface area contributed by atoms with Crippen LogP contribution in [0.1, 0.15) is 13.8 Å². The highest BCUT2D eigenvalue weighted by Gasteiger charge is 2.48. The van der Waals surface area contributed by atoms with Crippen LogP contribution in [0.3, 0.4) is 0 Å². The normalized spacial score (nSPS) is 12.7. The van der Waals surface area contributed by atoms with Gasteiger partial charge in [0.2, 0.25) is 5.88 Å². The van der Waals surface area contributed by atoms with Crippen LogP contribution < -0.4 is 4.18 Å². The first-order valence-corrected chi connectivity index (χ1v) is 7.62. The van der Waals surface area contributed by atoms with Crippen molar-refractivity contribution in [1.82, 2.24) is 4.98 Å². The van der Waals surface area contributed by atoms with Crippen LogP contribution in [-0.2, 0) is 10.1 Å². The lowest BCUT2D eigenvalue weighted by Gasteiger charge is -2.09. The van der Waals surface area contributed by atoms with E-state index >= 15 is 0 Å². The molecular formula is C10H12F3NO3S2. The molecule has 0 atom stereocenters. The van der Waals surface area contributed by atoms with Gasteiger partial charge in [0, 0.05) is 11.8 Å². The molecule has 108 valence electrons. The molecule has 19 heavy (non-hydrogen) atoms. The van der Waals surface area contributed by atoms with Gasteiger partial charge in [-0.3, -0.25) is 0 Å². The second-order valence-electron chi connectivity index (χ2n) is 4.00. The molecule has 9 heteroatoms. The minimum Gasteiger partial charge on any atom is -0.355 e. The summed E-state index contributed by atoms with van der Waals surface area (Å²) in [6.45, 7) is 3.95. The number of nitrogens with zero attached hydrogens (tertiary/aromatic N) is 1. The minimum atomic E-state index is -5.67. The second-order valence-corrected chi connectivity index (χ2v) is 6.58. The zero-order chi connectivity index (χ0) is 14.7. The molecule has 0 amide bonds. The summed E-state index contributed by atoms with van der Waals surface area (Å²) < 4.78 is 61.9. The van der Waals surface area contributed by atoms with E-state index in [0.29, 0.717) is 16.7 Å². The predicted octanol–water partition coefficient (Wildman–Crippen LogP) is 3.06. The summed E-state index contributed by atoms with van der Waals surface area (Å²) >= 11 is 1.31. The predicted molar refractivity (Wildman–Crippen MR) is 65.4 cm³/mol. The maximum Gasteiger partial charge on any atom is 0.534 e. The van der Waals surface area contributed by atoms with Crippen molar-refractivity contribution >= 4 is 21.9 Å².